The Balaban J connectivity index is 1.53. The highest BCUT2D eigenvalue weighted by molar-refractivity contribution is 5.94. The van der Waals surface area contributed by atoms with Gasteiger partial charge in [0.25, 0.3) is 5.91 Å². The molecule has 1 aliphatic rings. The molecule has 0 bridgehead atoms. The molecule has 0 aromatic heterocycles. The molecule has 1 N–H and O–H groups in total. The molecule has 2 aromatic carbocycles. The van der Waals surface area contributed by atoms with Gasteiger partial charge in [-0.25, -0.2) is 0 Å². The number of halogens is 3. The van der Waals surface area contributed by atoms with Gasteiger partial charge in [0.1, 0.15) is 0 Å². The fourth-order valence-electron chi connectivity index (χ4n) is 3.42. The zero-order chi connectivity index (χ0) is 21.0. The number of alkyl halides is 3. The Morgan fingerprint density at radius 3 is 2.07 bits per heavy atom. The lowest BCUT2D eigenvalue weighted by Crippen LogP contribution is -2.48. The highest BCUT2D eigenvalue weighted by atomic mass is 19.4. The summed E-state index contributed by atoms with van der Waals surface area (Å²) in [6.45, 7) is 8.53. The van der Waals surface area contributed by atoms with Crippen LogP contribution in [0.15, 0.2) is 48.5 Å². The minimum Gasteiger partial charge on any atom is -0.369 e. The normalized spacial score (nSPS) is 15.6. The van der Waals surface area contributed by atoms with Crippen LogP contribution in [0, 0.1) is 0 Å². The van der Waals surface area contributed by atoms with Crippen molar-refractivity contribution in [3.05, 3.63) is 65.2 Å². The fraction of sp³-hybridized carbons (Fsp3) is 0.409. The molecule has 0 unspecified atom stereocenters. The first-order valence-electron chi connectivity index (χ1n) is 9.77. The number of rotatable bonds is 5. The predicted octanol–water partition coefficient (Wildman–Crippen LogP) is 4.17. The second-order valence-corrected chi connectivity index (χ2v) is 7.54. The van der Waals surface area contributed by atoms with E-state index >= 15 is 0 Å². The van der Waals surface area contributed by atoms with Crippen molar-refractivity contribution in [2.24, 2.45) is 0 Å². The van der Waals surface area contributed by atoms with Crippen molar-refractivity contribution in [1.82, 2.24) is 10.2 Å². The van der Waals surface area contributed by atoms with Crippen LogP contribution in [0.4, 0.5) is 18.9 Å². The van der Waals surface area contributed by atoms with E-state index in [-0.39, 0.29) is 12.5 Å². The standard InChI is InChI=1S/C22H26F3N3O/c1-16(2)27-11-13-28(14-12-27)20-9-5-18(6-10-20)21(29)26-15-17-3-7-19(8-4-17)22(23,24)25/h3-10,16H,11-15H2,1-2H3,(H,26,29). The predicted molar refractivity (Wildman–Crippen MR) is 108 cm³/mol. The van der Waals surface area contributed by atoms with Crippen molar-refractivity contribution in [3.8, 4) is 0 Å². The van der Waals surface area contributed by atoms with Crippen molar-refractivity contribution in [2.45, 2.75) is 32.6 Å². The van der Waals surface area contributed by atoms with Crippen molar-refractivity contribution >= 4 is 11.6 Å². The minimum atomic E-state index is -4.36. The highest BCUT2D eigenvalue weighted by Gasteiger charge is 2.29. The molecule has 1 heterocycles. The molecule has 7 heteroatoms. The van der Waals surface area contributed by atoms with E-state index < -0.39 is 11.7 Å². The second kappa shape index (κ2) is 8.86. The van der Waals surface area contributed by atoms with Gasteiger partial charge in [0.05, 0.1) is 5.56 Å². The van der Waals surface area contributed by atoms with Crippen LogP contribution in [0.1, 0.15) is 35.3 Å². The van der Waals surface area contributed by atoms with Crippen LogP contribution in [0.3, 0.4) is 0 Å². The summed E-state index contributed by atoms with van der Waals surface area (Å²) < 4.78 is 37.8. The topological polar surface area (TPSA) is 35.6 Å². The number of benzene rings is 2. The third-order valence-corrected chi connectivity index (χ3v) is 5.27. The lowest BCUT2D eigenvalue weighted by Gasteiger charge is -2.38. The zero-order valence-electron chi connectivity index (χ0n) is 16.7. The van der Waals surface area contributed by atoms with Crippen molar-refractivity contribution in [3.63, 3.8) is 0 Å². The average Bonchev–Trinajstić information content (AvgIpc) is 2.72. The smallest absolute Gasteiger partial charge is 0.369 e. The van der Waals surface area contributed by atoms with E-state index in [0.29, 0.717) is 17.2 Å². The molecular weight excluding hydrogens is 379 g/mol. The molecule has 0 atom stereocenters. The van der Waals surface area contributed by atoms with E-state index in [1.807, 2.05) is 12.1 Å². The van der Waals surface area contributed by atoms with Crippen LogP contribution in [-0.2, 0) is 12.7 Å². The Hall–Kier alpha value is -2.54. The number of anilines is 1. The molecule has 1 aliphatic heterocycles. The SMILES string of the molecule is CC(C)N1CCN(c2ccc(C(=O)NCc3ccc(C(F)(F)F)cc3)cc2)CC1. The Morgan fingerprint density at radius 1 is 0.966 bits per heavy atom. The van der Waals surface area contributed by atoms with Gasteiger partial charge in [0.2, 0.25) is 0 Å². The van der Waals surface area contributed by atoms with E-state index in [1.165, 1.54) is 12.1 Å². The quantitative estimate of drug-likeness (QED) is 0.811. The Morgan fingerprint density at radius 2 is 1.55 bits per heavy atom. The summed E-state index contributed by atoms with van der Waals surface area (Å²) in [5, 5.41) is 2.75. The highest BCUT2D eigenvalue weighted by Crippen LogP contribution is 2.29. The first-order valence-corrected chi connectivity index (χ1v) is 9.77. The lowest BCUT2D eigenvalue weighted by molar-refractivity contribution is -0.137. The molecule has 0 spiro atoms. The summed E-state index contributed by atoms with van der Waals surface area (Å²) >= 11 is 0. The Bertz CT molecular complexity index is 809. The Labute approximate surface area is 169 Å². The van der Waals surface area contributed by atoms with Gasteiger partial charge in [-0.1, -0.05) is 12.1 Å². The fourth-order valence-corrected chi connectivity index (χ4v) is 3.42. The van der Waals surface area contributed by atoms with Gasteiger partial charge in [0, 0.05) is 50.0 Å². The molecule has 2 aromatic rings. The van der Waals surface area contributed by atoms with Crippen LogP contribution in [0.5, 0.6) is 0 Å². The van der Waals surface area contributed by atoms with Gasteiger partial charge in [-0.15, -0.1) is 0 Å². The van der Waals surface area contributed by atoms with Gasteiger partial charge in [-0.2, -0.15) is 13.2 Å². The van der Waals surface area contributed by atoms with E-state index in [4.69, 9.17) is 0 Å². The van der Waals surface area contributed by atoms with Crippen LogP contribution in [-0.4, -0.2) is 43.0 Å². The maximum absolute atomic E-state index is 12.6. The van der Waals surface area contributed by atoms with Crippen molar-refractivity contribution < 1.29 is 18.0 Å². The number of nitrogens with zero attached hydrogens (tertiary/aromatic N) is 2. The van der Waals surface area contributed by atoms with Gasteiger partial charge >= 0.3 is 6.18 Å². The molecule has 4 nitrogen and oxygen atoms in total. The summed E-state index contributed by atoms with van der Waals surface area (Å²) in [6, 6.07) is 12.8. The number of amides is 1. The van der Waals surface area contributed by atoms with E-state index in [2.05, 4.69) is 29.0 Å². The van der Waals surface area contributed by atoms with Crippen molar-refractivity contribution in [2.75, 3.05) is 31.1 Å². The van der Waals surface area contributed by atoms with Gasteiger partial charge < -0.3 is 10.2 Å². The summed E-state index contributed by atoms with van der Waals surface area (Å²) in [5.41, 5.74) is 1.54. The third-order valence-electron chi connectivity index (χ3n) is 5.27. The number of hydrogen-bond donors (Lipinski definition) is 1. The lowest BCUT2D eigenvalue weighted by atomic mass is 10.1. The first kappa shape index (κ1) is 21.2. The van der Waals surface area contributed by atoms with Crippen LogP contribution < -0.4 is 10.2 Å². The summed E-state index contributed by atoms with van der Waals surface area (Å²) in [6.07, 6.45) is -4.36. The number of carbonyl (C=O) groups is 1. The molecular formula is C22H26F3N3O. The molecule has 1 amide bonds. The minimum absolute atomic E-state index is 0.176. The molecule has 156 valence electrons. The molecule has 3 rings (SSSR count). The number of piperazine rings is 1. The van der Waals surface area contributed by atoms with Gasteiger partial charge in [-0.3, -0.25) is 9.69 Å². The van der Waals surface area contributed by atoms with Crippen LogP contribution in [0.25, 0.3) is 0 Å². The summed E-state index contributed by atoms with van der Waals surface area (Å²) in [4.78, 5) is 17.1. The second-order valence-electron chi connectivity index (χ2n) is 7.54. The summed E-state index contributed by atoms with van der Waals surface area (Å²) in [7, 11) is 0. The molecule has 0 radical (unpaired) electrons. The number of hydrogen-bond acceptors (Lipinski definition) is 3. The maximum atomic E-state index is 12.6. The molecule has 29 heavy (non-hydrogen) atoms. The molecule has 1 saturated heterocycles. The van der Waals surface area contributed by atoms with E-state index in [1.54, 1.807) is 12.1 Å². The largest absolute Gasteiger partial charge is 0.416 e. The molecule has 1 fully saturated rings. The van der Waals surface area contributed by atoms with Crippen LogP contribution >= 0.6 is 0 Å². The average molecular weight is 405 g/mol. The summed E-state index contributed by atoms with van der Waals surface area (Å²) in [5.74, 6) is -0.249. The van der Waals surface area contributed by atoms with E-state index in [9.17, 15) is 18.0 Å². The Kier molecular flexibility index (Phi) is 6.47. The van der Waals surface area contributed by atoms with Crippen molar-refractivity contribution in [1.29, 1.82) is 0 Å². The zero-order valence-corrected chi connectivity index (χ0v) is 16.7. The van der Waals surface area contributed by atoms with Gasteiger partial charge in [-0.05, 0) is 55.8 Å². The first-order chi connectivity index (χ1) is 13.7. The third kappa shape index (κ3) is 5.50. The monoisotopic (exact) mass is 405 g/mol. The van der Waals surface area contributed by atoms with Crippen LogP contribution in [0.2, 0.25) is 0 Å². The molecule has 0 saturated carbocycles. The molecule has 0 aliphatic carbocycles. The maximum Gasteiger partial charge on any atom is 0.416 e. The number of carbonyl (C=O) groups excluding carboxylic acids is 1. The number of nitrogens with one attached hydrogen (secondary N) is 1. The van der Waals surface area contributed by atoms with E-state index in [0.717, 1.165) is 44.0 Å². The van der Waals surface area contributed by atoms with Gasteiger partial charge in [0.15, 0.2) is 0 Å².